The van der Waals surface area contributed by atoms with E-state index < -0.39 is 22.0 Å². The molecule has 1 aliphatic heterocycles. The molecule has 1 aromatic carbocycles. The van der Waals surface area contributed by atoms with Gasteiger partial charge in [0.05, 0.1) is 10.2 Å². The summed E-state index contributed by atoms with van der Waals surface area (Å²) in [5.41, 5.74) is 3.85. The van der Waals surface area contributed by atoms with Crippen LogP contribution in [0.4, 0.5) is 0 Å². The Hall–Kier alpha value is -2.50. The second-order valence-electron chi connectivity index (χ2n) is 6.93. The van der Waals surface area contributed by atoms with Gasteiger partial charge in [-0.05, 0) is 38.8 Å². The maximum Gasteiger partial charge on any atom is 0.258 e. The summed E-state index contributed by atoms with van der Waals surface area (Å²) in [6.45, 7) is 3.39. The largest absolute Gasteiger partial charge is 0.360 e. The number of sulfonamides is 1. The van der Waals surface area contributed by atoms with Gasteiger partial charge in [-0.3, -0.25) is 4.79 Å². The number of aromatic nitrogens is 2. The molecule has 0 radical (unpaired) electrons. The normalized spacial score (nSPS) is 18.6. The van der Waals surface area contributed by atoms with Crippen molar-refractivity contribution in [3.05, 3.63) is 40.5 Å². The Morgan fingerprint density at radius 3 is 2.79 bits per heavy atom. The molecule has 1 saturated heterocycles. The smallest absolute Gasteiger partial charge is 0.258 e. The van der Waals surface area contributed by atoms with E-state index in [1.54, 1.807) is 13.8 Å². The molecule has 2 aromatic heterocycles. The Labute approximate surface area is 171 Å². The zero-order valence-corrected chi connectivity index (χ0v) is 17.9. The summed E-state index contributed by atoms with van der Waals surface area (Å²) >= 11 is 1.45. The van der Waals surface area contributed by atoms with E-state index in [0.29, 0.717) is 17.6 Å². The number of hydrogen-bond acceptors (Lipinski definition) is 7. The van der Waals surface area contributed by atoms with Gasteiger partial charge in [0, 0.05) is 13.6 Å². The molecule has 0 unspecified atom stereocenters. The van der Waals surface area contributed by atoms with Gasteiger partial charge in [-0.15, -0.1) is 5.10 Å². The molecule has 11 heteroatoms. The highest BCUT2D eigenvalue weighted by Crippen LogP contribution is 2.29. The van der Waals surface area contributed by atoms with Crippen molar-refractivity contribution in [3.63, 3.8) is 0 Å². The van der Waals surface area contributed by atoms with Gasteiger partial charge in [0.1, 0.15) is 16.6 Å². The van der Waals surface area contributed by atoms with Crippen molar-refractivity contribution in [3.8, 4) is 0 Å². The van der Waals surface area contributed by atoms with E-state index in [1.165, 1.54) is 15.6 Å². The first-order chi connectivity index (χ1) is 13.8. The number of nitrogens with one attached hydrogen (secondary N) is 1. The number of rotatable bonds is 4. The van der Waals surface area contributed by atoms with Crippen LogP contribution in [0.1, 0.15) is 24.3 Å². The van der Waals surface area contributed by atoms with Crippen LogP contribution in [-0.4, -0.2) is 40.9 Å². The van der Waals surface area contributed by atoms with Crippen molar-refractivity contribution in [2.24, 2.45) is 12.1 Å². The van der Waals surface area contributed by atoms with E-state index in [2.05, 4.69) is 15.7 Å². The van der Waals surface area contributed by atoms with Crippen molar-refractivity contribution in [1.29, 1.82) is 0 Å². The Kier molecular flexibility index (Phi) is 5.05. The zero-order chi connectivity index (χ0) is 20.8. The molecule has 154 valence electrons. The van der Waals surface area contributed by atoms with Crippen molar-refractivity contribution in [2.45, 2.75) is 37.6 Å². The van der Waals surface area contributed by atoms with E-state index >= 15 is 0 Å². The van der Waals surface area contributed by atoms with Crippen LogP contribution in [0.5, 0.6) is 0 Å². The second-order valence-corrected chi connectivity index (χ2v) is 9.76. The molecule has 3 heterocycles. The highest BCUT2D eigenvalue weighted by Gasteiger charge is 2.41. The summed E-state index contributed by atoms with van der Waals surface area (Å²) in [6, 6.07) is 7.01. The third kappa shape index (κ3) is 3.38. The standard InChI is InChI=1S/C18H21N5O4S2/c1-11-16(12(2)27-21-11)29(25,26)23-10-6-8-14(23)17(24)19-20-18-22(3)13-7-4-5-9-15(13)28-18/h4-5,7,9,14H,6,8,10H2,1-3H3,(H,19,24)/b20-18-/t14-/m0/s1. The monoisotopic (exact) mass is 435 g/mol. The Morgan fingerprint density at radius 2 is 2.10 bits per heavy atom. The number of carbonyl (C=O) groups excluding carboxylic acids is 1. The summed E-state index contributed by atoms with van der Waals surface area (Å²) in [5, 5.41) is 7.96. The van der Waals surface area contributed by atoms with Gasteiger partial charge in [0.15, 0.2) is 5.76 Å². The predicted octanol–water partition coefficient (Wildman–Crippen LogP) is 1.63. The minimum absolute atomic E-state index is 0.0324. The van der Waals surface area contributed by atoms with E-state index in [-0.39, 0.29) is 22.9 Å². The van der Waals surface area contributed by atoms with Gasteiger partial charge in [0.25, 0.3) is 5.91 Å². The van der Waals surface area contributed by atoms with Crippen molar-refractivity contribution < 1.29 is 17.7 Å². The van der Waals surface area contributed by atoms with Gasteiger partial charge in [0.2, 0.25) is 14.8 Å². The highest BCUT2D eigenvalue weighted by molar-refractivity contribution is 7.89. The van der Waals surface area contributed by atoms with Crippen LogP contribution < -0.4 is 10.2 Å². The highest BCUT2D eigenvalue weighted by atomic mass is 32.2. The van der Waals surface area contributed by atoms with Gasteiger partial charge in [-0.25, -0.2) is 13.8 Å². The Bertz CT molecular complexity index is 1240. The lowest BCUT2D eigenvalue weighted by atomic mass is 10.2. The molecule has 29 heavy (non-hydrogen) atoms. The van der Waals surface area contributed by atoms with Crippen molar-refractivity contribution in [1.82, 2.24) is 19.5 Å². The molecule has 4 rings (SSSR count). The maximum absolute atomic E-state index is 13.1. The Balaban J connectivity index is 1.60. The number of thiazole rings is 1. The molecule has 0 spiro atoms. The van der Waals surface area contributed by atoms with Crippen molar-refractivity contribution >= 4 is 37.5 Å². The number of carbonyl (C=O) groups is 1. The summed E-state index contributed by atoms with van der Waals surface area (Å²) in [6.07, 6.45) is 1.03. The van der Waals surface area contributed by atoms with Crippen LogP contribution in [0.25, 0.3) is 10.2 Å². The number of para-hydroxylation sites is 1. The van der Waals surface area contributed by atoms with E-state index in [0.717, 1.165) is 10.2 Å². The molecule has 1 atom stereocenters. The van der Waals surface area contributed by atoms with Crippen LogP contribution in [-0.2, 0) is 21.9 Å². The fraction of sp³-hybridized carbons (Fsp3) is 0.389. The predicted molar refractivity (Wildman–Crippen MR) is 107 cm³/mol. The number of hydrogen-bond donors (Lipinski definition) is 1. The number of amides is 1. The number of aryl methyl sites for hydroxylation is 3. The van der Waals surface area contributed by atoms with Gasteiger partial charge >= 0.3 is 0 Å². The van der Waals surface area contributed by atoms with Crippen LogP contribution in [0.3, 0.4) is 0 Å². The molecule has 1 fully saturated rings. The molecule has 1 N–H and O–H groups in total. The quantitative estimate of drug-likeness (QED) is 0.627. The molecule has 9 nitrogen and oxygen atoms in total. The first kappa shape index (κ1) is 19.8. The summed E-state index contributed by atoms with van der Waals surface area (Å²) in [4.78, 5) is 13.4. The Morgan fingerprint density at radius 1 is 1.34 bits per heavy atom. The minimum atomic E-state index is -3.89. The molecular formula is C18H21N5O4S2. The van der Waals surface area contributed by atoms with Crippen LogP contribution in [0.2, 0.25) is 0 Å². The van der Waals surface area contributed by atoms with Crippen LogP contribution in [0, 0.1) is 13.8 Å². The number of fused-ring (bicyclic) bond motifs is 1. The molecule has 3 aromatic rings. The van der Waals surface area contributed by atoms with E-state index in [1.807, 2.05) is 35.9 Å². The third-order valence-corrected chi connectivity index (χ3v) is 8.28. The second kappa shape index (κ2) is 7.39. The van der Waals surface area contributed by atoms with E-state index in [4.69, 9.17) is 4.52 Å². The average Bonchev–Trinajstić information content (AvgIpc) is 3.39. The summed E-state index contributed by atoms with van der Waals surface area (Å²) in [7, 11) is -2.02. The molecule has 0 bridgehead atoms. The number of nitrogens with zero attached hydrogens (tertiary/aromatic N) is 4. The topological polar surface area (TPSA) is 110 Å². The molecule has 0 saturated carbocycles. The maximum atomic E-state index is 13.1. The lowest BCUT2D eigenvalue weighted by Crippen LogP contribution is -2.45. The average molecular weight is 436 g/mol. The first-order valence-corrected chi connectivity index (χ1v) is 11.4. The lowest BCUT2D eigenvalue weighted by Gasteiger charge is -2.22. The van der Waals surface area contributed by atoms with Crippen LogP contribution in [0.15, 0.2) is 38.8 Å². The fourth-order valence-corrected chi connectivity index (χ4v) is 6.55. The summed E-state index contributed by atoms with van der Waals surface area (Å²) in [5.74, 6) is -0.231. The third-order valence-electron chi connectivity index (χ3n) is 5.02. The SMILES string of the molecule is Cc1noc(C)c1S(=O)(=O)N1CCC[C@H]1C(=O)N/N=c1\sc2ccccc2n1C. The molecule has 1 aliphatic rings. The van der Waals surface area contributed by atoms with Gasteiger partial charge in [-0.1, -0.05) is 28.6 Å². The fourth-order valence-electron chi connectivity index (χ4n) is 3.62. The molecular weight excluding hydrogens is 414 g/mol. The van der Waals surface area contributed by atoms with E-state index in [9.17, 15) is 13.2 Å². The number of benzene rings is 1. The van der Waals surface area contributed by atoms with Crippen LogP contribution >= 0.6 is 11.3 Å². The summed E-state index contributed by atoms with van der Waals surface area (Å²) < 4.78 is 35.4. The van der Waals surface area contributed by atoms with Gasteiger partial charge < -0.3 is 9.09 Å². The van der Waals surface area contributed by atoms with Crippen molar-refractivity contribution in [2.75, 3.05) is 6.54 Å². The molecule has 1 amide bonds. The zero-order valence-electron chi connectivity index (χ0n) is 16.2. The lowest BCUT2D eigenvalue weighted by molar-refractivity contribution is -0.124. The first-order valence-electron chi connectivity index (χ1n) is 9.13. The molecule has 0 aliphatic carbocycles. The minimum Gasteiger partial charge on any atom is -0.360 e. The van der Waals surface area contributed by atoms with Gasteiger partial charge in [-0.2, -0.15) is 4.31 Å².